The molecule has 0 saturated carbocycles. The van der Waals surface area contributed by atoms with Crippen LogP contribution in [0, 0.1) is 11.3 Å². The van der Waals surface area contributed by atoms with Gasteiger partial charge in [-0.2, -0.15) is 0 Å². The van der Waals surface area contributed by atoms with E-state index in [0.29, 0.717) is 33.5 Å². The summed E-state index contributed by atoms with van der Waals surface area (Å²) in [4.78, 5) is 2.34. The molecule has 1 aliphatic heterocycles. The molecule has 0 aliphatic carbocycles. The Hall–Kier alpha value is -3.30. The monoisotopic (exact) mass is 653 g/mol. The fourth-order valence-corrected chi connectivity index (χ4v) is 7.13. The lowest BCUT2D eigenvalue weighted by Crippen LogP contribution is -2.45. The number of sulfonamides is 1. The average Bonchev–Trinajstić information content (AvgIpc) is 3.02. The third-order valence-electron chi connectivity index (χ3n) is 8.24. The summed E-state index contributed by atoms with van der Waals surface area (Å²) in [5.41, 5.74) is 10.4. The Morgan fingerprint density at radius 3 is 2.41 bits per heavy atom. The normalized spacial score (nSPS) is 14.7. The molecule has 1 saturated heterocycles. The van der Waals surface area contributed by atoms with E-state index >= 15 is 0 Å². The Kier molecular flexibility index (Phi) is 11.5. The summed E-state index contributed by atoms with van der Waals surface area (Å²) in [7, 11) is -2.05. The number of amidine groups is 1. The molecule has 1 atom stereocenters. The SMILES string of the molecule is C=C(CCCC1CCN(C(=C)[C@H](Cc2cccc(C(=N)N)c2)NS(=O)(=O)c2cccc(-c3ccc(Cl)c(Cl)c3)c2)CC1)NC. The van der Waals surface area contributed by atoms with Gasteiger partial charge < -0.3 is 16.0 Å². The van der Waals surface area contributed by atoms with E-state index in [1.54, 1.807) is 42.5 Å². The fourth-order valence-electron chi connectivity index (χ4n) is 5.56. The van der Waals surface area contributed by atoms with E-state index in [1.807, 2.05) is 31.3 Å². The van der Waals surface area contributed by atoms with E-state index in [9.17, 15) is 8.42 Å². The summed E-state index contributed by atoms with van der Waals surface area (Å²) >= 11 is 12.3. The quantitative estimate of drug-likeness (QED) is 0.111. The third kappa shape index (κ3) is 8.88. The molecule has 0 aromatic heterocycles. The number of nitrogens with two attached hydrogens (primary N) is 1. The van der Waals surface area contributed by atoms with Crippen molar-refractivity contribution in [2.75, 3.05) is 20.1 Å². The second-order valence-corrected chi connectivity index (χ2v) is 13.8. The lowest BCUT2D eigenvalue weighted by molar-refractivity contribution is 0.206. The van der Waals surface area contributed by atoms with Crippen LogP contribution < -0.4 is 15.8 Å². The maximum Gasteiger partial charge on any atom is 0.241 e. The highest BCUT2D eigenvalue weighted by atomic mass is 35.5. The van der Waals surface area contributed by atoms with E-state index < -0.39 is 16.1 Å². The number of benzene rings is 3. The van der Waals surface area contributed by atoms with Gasteiger partial charge in [0.05, 0.1) is 21.0 Å². The maximum atomic E-state index is 13.9. The maximum absolute atomic E-state index is 13.9. The van der Waals surface area contributed by atoms with E-state index in [2.05, 4.69) is 28.1 Å². The van der Waals surface area contributed by atoms with Crippen molar-refractivity contribution in [3.8, 4) is 11.1 Å². The third-order valence-corrected chi connectivity index (χ3v) is 10.4. The molecule has 1 heterocycles. The minimum Gasteiger partial charge on any atom is -0.392 e. The van der Waals surface area contributed by atoms with Crippen molar-refractivity contribution in [3.63, 3.8) is 0 Å². The molecule has 44 heavy (non-hydrogen) atoms. The molecule has 3 aromatic rings. The van der Waals surface area contributed by atoms with Crippen LogP contribution in [0.3, 0.4) is 0 Å². The van der Waals surface area contributed by atoms with Gasteiger partial charge in [0.25, 0.3) is 0 Å². The Labute approximate surface area is 271 Å². The summed E-state index contributed by atoms with van der Waals surface area (Å²) < 4.78 is 30.7. The number of piperidine rings is 1. The second-order valence-electron chi connectivity index (χ2n) is 11.3. The van der Waals surface area contributed by atoms with Crippen LogP contribution in [-0.2, 0) is 16.4 Å². The summed E-state index contributed by atoms with van der Waals surface area (Å²) in [5, 5.41) is 11.8. The van der Waals surface area contributed by atoms with Gasteiger partial charge in [0, 0.05) is 37.1 Å². The first kappa shape index (κ1) is 33.6. The predicted molar refractivity (Wildman–Crippen MR) is 183 cm³/mol. The molecule has 1 fully saturated rings. The Morgan fingerprint density at radius 2 is 1.73 bits per heavy atom. The first-order valence-electron chi connectivity index (χ1n) is 14.8. The smallest absolute Gasteiger partial charge is 0.241 e. The standard InChI is InChI=1S/C34H41Cl2N5O2S/c1-23(39-3)7-4-8-25-15-17-41(18-16-25)24(2)33(20-26-9-5-11-29(19-26)34(37)38)40-44(42,43)30-12-6-10-27(21-30)28-13-14-31(35)32(36)22-28/h5-6,9-14,19,21-22,25,33,39-40H,1-2,4,7-8,15-18,20H2,3H3,(H3,37,38)/t33-/m0/s1. The lowest BCUT2D eigenvalue weighted by Gasteiger charge is -2.38. The molecular formula is C34H41Cl2N5O2S. The molecule has 4 rings (SSSR count). The fraction of sp³-hybridized carbons (Fsp3) is 0.324. The van der Waals surface area contributed by atoms with Gasteiger partial charge >= 0.3 is 0 Å². The van der Waals surface area contributed by atoms with Gasteiger partial charge in [-0.3, -0.25) is 5.41 Å². The van der Waals surface area contributed by atoms with Gasteiger partial charge in [0.1, 0.15) is 5.84 Å². The first-order chi connectivity index (χ1) is 21.0. The molecule has 234 valence electrons. The average molecular weight is 655 g/mol. The van der Waals surface area contributed by atoms with Crippen molar-refractivity contribution < 1.29 is 8.42 Å². The van der Waals surface area contributed by atoms with Crippen molar-refractivity contribution in [1.82, 2.24) is 14.9 Å². The molecule has 7 nitrogen and oxygen atoms in total. The predicted octanol–water partition coefficient (Wildman–Crippen LogP) is 6.96. The molecule has 0 amide bonds. The van der Waals surface area contributed by atoms with Crippen LogP contribution in [0.25, 0.3) is 11.1 Å². The Morgan fingerprint density at radius 1 is 1.02 bits per heavy atom. The number of rotatable bonds is 14. The summed E-state index contributed by atoms with van der Waals surface area (Å²) in [6.07, 6.45) is 5.62. The van der Waals surface area contributed by atoms with Gasteiger partial charge in [-0.15, -0.1) is 0 Å². The van der Waals surface area contributed by atoms with Gasteiger partial charge in [0.15, 0.2) is 0 Å². The van der Waals surface area contributed by atoms with Crippen LogP contribution in [0.5, 0.6) is 0 Å². The molecule has 0 radical (unpaired) electrons. The van der Waals surface area contributed by atoms with Crippen LogP contribution >= 0.6 is 23.2 Å². The number of allylic oxidation sites excluding steroid dienone is 1. The number of likely N-dealkylation sites (tertiary alicyclic amines) is 1. The van der Waals surface area contributed by atoms with Crippen LogP contribution in [0.4, 0.5) is 0 Å². The minimum atomic E-state index is -3.95. The van der Waals surface area contributed by atoms with Gasteiger partial charge in [-0.1, -0.05) is 72.8 Å². The van der Waals surface area contributed by atoms with Crippen molar-refractivity contribution >= 4 is 39.1 Å². The van der Waals surface area contributed by atoms with Crippen LogP contribution in [0.1, 0.15) is 43.2 Å². The molecule has 10 heteroatoms. The van der Waals surface area contributed by atoms with Crippen molar-refractivity contribution in [2.45, 2.75) is 49.5 Å². The van der Waals surface area contributed by atoms with Gasteiger partial charge in [-0.25, -0.2) is 13.1 Å². The van der Waals surface area contributed by atoms with Crippen LogP contribution in [0.2, 0.25) is 10.0 Å². The topological polar surface area (TPSA) is 111 Å². The second kappa shape index (κ2) is 15.1. The highest BCUT2D eigenvalue weighted by molar-refractivity contribution is 7.89. The molecule has 0 spiro atoms. The summed E-state index contributed by atoms with van der Waals surface area (Å²) in [5.74, 6) is 0.581. The first-order valence-corrected chi connectivity index (χ1v) is 17.0. The molecule has 3 aromatic carbocycles. The molecular weight excluding hydrogens is 613 g/mol. The van der Waals surface area contributed by atoms with E-state index in [0.717, 1.165) is 67.7 Å². The zero-order valence-corrected chi connectivity index (χ0v) is 27.4. The van der Waals surface area contributed by atoms with Gasteiger partial charge in [0.2, 0.25) is 10.0 Å². The Balaban J connectivity index is 1.54. The molecule has 0 bridgehead atoms. The molecule has 5 N–H and O–H groups in total. The van der Waals surface area contributed by atoms with E-state index in [4.69, 9.17) is 34.3 Å². The number of nitrogen functional groups attached to an aromatic ring is 1. The van der Waals surface area contributed by atoms with E-state index in [-0.39, 0.29) is 10.7 Å². The van der Waals surface area contributed by atoms with Gasteiger partial charge in [-0.05, 0) is 91.5 Å². The highest BCUT2D eigenvalue weighted by Gasteiger charge is 2.28. The number of nitrogens with zero attached hydrogens (tertiary/aromatic N) is 1. The minimum absolute atomic E-state index is 0.0395. The molecule has 0 unspecified atom stereocenters. The van der Waals surface area contributed by atoms with E-state index in [1.165, 1.54) is 0 Å². The van der Waals surface area contributed by atoms with Crippen molar-refractivity contribution in [2.24, 2.45) is 11.7 Å². The Bertz CT molecular complexity index is 1620. The number of nitrogens with one attached hydrogen (secondary N) is 3. The van der Waals surface area contributed by atoms with Crippen LogP contribution in [-0.4, -0.2) is 45.3 Å². The number of hydrogen-bond acceptors (Lipinski definition) is 5. The van der Waals surface area contributed by atoms with Crippen LogP contribution in [0.15, 0.2) is 96.2 Å². The number of hydrogen-bond donors (Lipinski definition) is 4. The largest absolute Gasteiger partial charge is 0.392 e. The zero-order chi connectivity index (χ0) is 31.9. The number of halogens is 2. The van der Waals surface area contributed by atoms with Crippen molar-refractivity contribution in [1.29, 1.82) is 5.41 Å². The highest BCUT2D eigenvalue weighted by Crippen LogP contribution is 2.31. The summed E-state index contributed by atoms with van der Waals surface area (Å²) in [6, 6.07) is 18.7. The summed E-state index contributed by atoms with van der Waals surface area (Å²) in [6.45, 7) is 10.1. The molecule has 1 aliphatic rings. The lowest BCUT2D eigenvalue weighted by atomic mass is 9.90. The zero-order valence-electron chi connectivity index (χ0n) is 25.1. The van der Waals surface area contributed by atoms with Crippen molar-refractivity contribution in [3.05, 3.63) is 112 Å².